The van der Waals surface area contributed by atoms with E-state index in [4.69, 9.17) is 20.3 Å². The number of hydrogen-bond acceptors (Lipinski definition) is 7. The first-order valence-corrected chi connectivity index (χ1v) is 17.9. The standard InChI is InChI=1S/C36H54N6O3/c1-20(2)22(4)36-15-14-33(7)24-8-9-28-32(6)12-10-21(3)35(28,25(24)11-13-34(33)19-27(45-36)29(34)36)18-26(30(32)44-17-16-37)42-40-31(39-41-42)38-23(5)43/h11,19-22,24,26,28-30H,8-10,12-18,37H2,1-7H3,(H,38,40,43). The average molecular weight is 619 g/mol. The van der Waals surface area contributed by atoms with Gasteiger partial charge in [-0.15, -0.1) is 5.10 Å². The lowest BCUT2D eigenvalue weighted by atomic mass is 9.30. The third kappa shape index (κ3) is 3.53. The maximum atomic E-state index is 11.8. The van der Waals surface area contributed by atoms with E-state index in [0.717, 1.165) is 19.3 Å². The minimum atomic E-state index is -0.195. The fourth-order valence-electron chi connectivity index (χ4n) is 13.0. The fraction of sp³-hybridized carbons (Fsp3) is 0.833. The van der Waals surface area contributed by atoms with E-state index >= 15 is 0 Å². The van der Waals surface area contributed by atoms with Gasteiger partial charge in [0.25, 0.3) is 5.95 Å². The number of nitrogens with two attached hydrogens (primary N) is 1. The van der Waals surface area contributed by atoms with Crippen LogP contribution in [0.4, 0.5) is 5.95 Å². The number of anilines is 1. The monoisotopic (exact) mass is 618 g/mol. The molecule has 3 N–H and O–H groups in total. The molecule has 4 saturated carbocycles. The first-order valence-electron chi connectivity index (χ1n) is 17.9. The molecule has 0 aromatic carbocycles. The van der Waals surface area contributed by atoms with E-state index in [1.165, 1.54) is 44.8 Å². The first kappa shape index (κ1) is 30.1. The van der Waals surface area contributed by atoms with Crippen LogP contribution in [0.15, 0.2) is 23.5 Å². The minimum absolute atomic E-state index is 0.0170. The number of aromatic nitrogens is 4. The normalized spacial score (nSPS) is 47.8. The Morgan fingerprint density at radius 1 is 1.20 bits per heavy atom. The van der Waals surface area contributed by atoms with Crippen molar-refractivity contribution < 1.29 is 14.3 Å². The summed E-state index contributed by atoms with van der Waals surface area (Å²) in [7, 11) is 0. The molecule has 246 valence electrons. The van der Waals surface area contributed by atoms with Gasteiger partial charge < -0.3 is 15.2 Å². The van der Waals surface area contributed by atoms with Crippen LogP contribution in [0.2, 0.25) is 0 Å². The van der Waals surface area contributed by atoms with E-state index in [2.05, 4.69) is 69.3 Å². The summed E-state index contributed by atoms with van der Waals surface area (Å²) in [6, 6.07) is -0.0833. The Kier molecular flexibility index (Phi) is 6.45. The first-order chi connectivity index (χ1) is 21.4. The van der Waals surface area contributed by atoms with Crippen molar-refractivity contribution in [2.24, 2.45) is 62.9 Å². The van der Waals surface area contributed by atoms with Crippen molar-refractivity contribution >= 4 is 11.9 Å². The van der Waals surface area contributed by atoms with E-state index < -0.39 is 0 Å². The number of allylic oxidation sites excluding steroid dienone is 3. The highest BCUT2D eigenvalue weighted by atomic mass is 16.5. The van der Waals surface area contributed by atoms with Gasteiger partial charge in [0.15, 0.2) is 0 Å². The Balaban J connectivity index is 1.22. The number of carbonyl (C=O) groups excluding carboxylic acids is 1. The Morgan fingerprint density at radius 3 is 2.71 bits per heavy atom. The summed E-state index contributed by atoms with van der Waals surface area (Å²) in [6.07, 6.45) is 14.5. The Bertz CT molecular complexity index is 1470. The molecule has 9 heteroatoms. The van der Waals surface area contributed by atoms with Crippen molar-refractivity contribution in [3.63, 3.8) is 0 Å². The van der Waals surface area contributed by atoms with Gasteiger partial charge in [-0.25, -0.2) is 0 Å². The summed E-state index contributed by atoms with van der Waals surface area (Å²) >= 11 is 0. The van der Waals surface area contributed by atoms with Crippen LogP contribution in [0.3, 0.4) is 0 Å². The molecule has 1 saturated heterocycles. The SMILES string of the molecule is CC(=O)Nc1nnn(C2CC34C5=CCC67C=C8OC(C(C)C(C)C)(CCC6(C)C5CCC3C(C)(CCC4C)C2OCCN)C87)n1. The molecule has 2 bridgehead atoms. The number of ether oxygens (including phenoxy) is 2. The lowest BCUT2D eigenvalue weighted by Crippen LogP contribution is -2.76. The number of hydrogen-bond donors (Lipinski definition) is 2. The summed E-state index contributed by atoms with van der Waals surface area (Å²) in [5.41, 5.74) is 8.24. The highest BCUT2D eigenvalue weighted by molar-refractivity contribution is 5.86. The predicted octanol–water partition coefficient (Wildman–Crippen LogP) is 6.06. The topological polar surface area (TPSA) is 117 Å². The van der Waals surface area contributed by atoms with Gasteiger partial charge >= 0.3 is 0 Å². The van der Waals surface area contributed by atoms with Crippen molar-refractivity contribution in [1.29, 1.82) is 0 Å². The van der Waals surface area contributed by atoms with E-state index in [1.807, 2.05) is 0 Å². The smallest absolute Gasteiger partial charge is 0.270 e. The number of rotatable bonds is 7. The number of tetrazole rings is 1. The molecule has 8 rings (SSSR count). The quantitative estimate of drug-likeness (QED) is 0.357. The summed E-state index contributed by atoms with van der Waals surface area (Å²) in [5, 5.41) is 16.2. The van der Waals surface area contributed by atoms with Gasteiger partial charge in [0.05, 0.1) is 18.6 Å². The third-order valence-electron chi connectivity index (χ3n) is 15.3. The Labute approximate surface area is 268 Å². The zero-order chi connectivity index (χ0) is 31.7. The zero-order valence-corrected chi connectivity index (χ0v) is 28.4. The van der Waals surface area contributed by atoms with Gasteiger partial charge in [0.1, 0.15) is 17.4 Å². The molecule has 1 aromatic rings. The number of nitrogens with zero attached hydrogens (tertiary/aromatic N) is 4. The Morgan fingerprint density at radius 2 is 2.00 bits per heavy atom. The maximum absolute atomic E-state index is 11.8. The molecular weight excluding hydrogens is 564 g/mol. The zero-order valence-electron chi connectivity index (χ0n) is 28.4. The van der Waals surface area contributed by atoms with Gasteiger partial charge in [-0.3, -0.25) is 10.1 Å². The van der Waals surface area contributed by atoms with Gasteiger partial charge in [0, 0.05) is 18.9 Å². The van der Waals surface area contributed by atoms with Gasteiger partial charge in [0.2, 0.25) is 5.91 Å². The van der Waals surface area contributed by atoms with Crippen molar-refractivity contribution in [2.75, 3.05) is 18.5 Å². The summed E-state index contributed by atoms with van der Waals surface area (Å²) < 4.78 is 13.5. The van der Waals surface area contributed by atoms with Crippen molar-refractivity contribution in [3.05, 3.63) is 23.5 Å². The van der Waals surface area contributed by atoms with Crippen LogP contribution in [-0.2, 0) is 14.3 Å². The predicted molar refractivity (Wildman–Crippen MR) is 172 cm³/mol. The van der Waals surface area contributed by atoms with Crippen molar-refractivity contribution in [2.45, 2.75) is 118 Å². The highest BCUT2D eigenvalue weighted by Gasteiger charge is 2.79. The number of nitrogens with one attached hydrogen (secondary N) is 1. The van der Waals surface area contributed by atoms with Crippen LogP contribution in [0.25, 0.3) is 0 Å². The molecule has 0 radical (unpaired) electrons. The second kappa shape index (κ2) is 9.65. The van der Waals surface area contributed by atoms with Crippen LogP contribution in [-0.4, -0.2) is 51.0 Å². The molecule has 6 aliphatic carbocycles. The van der Waals surface area contributed by atoms with Crippen LogP contribution in [0.5, 0.6) is 0 Å². The van der Waals surface area contributed by atoms with Crippen LogP contribution in [0.1, 0.15) is 106 Å². The lowest BCUT2D eigenvalue weighted by molar-refractivity contribution is -0.305. The number of fused-ring (bicyclic) bond motifs is 2. The van der Waals surface area contributed by atoms with E-state index in [0.29, 0.717) is 48.7 Å². The summed E-state index contributed by atoms with van der Waals surface area (Å²) in [5.74, 6) is 4.76. The lowest BCUT2D eigenvalue weighted by Gasteiger charge is -2.78. The molecule has 1 aliphatic heterocycles. The average Bonchev–Trinajstić information content (AvgIpc) is 3.43. The molecule has 1 spiro atoms. The minimum Gasteiger partial charge on any atom is -0.490 e. The molecule has 12 unspecified atom stereocenters. The van der Waals surface area contributed by atoms with Crippen molar-refractivity contribution in [3.8, 4) is 0 Å². The van der Waals surface area contributed by atoms with E-state index in [9.17, 15) is 4.79 Å². The van der Waals surface area contributed by atoms with Gasteiger partial charge in [-0.05, 0) is 108 Å². The fourth-order valence-corrected chi connectivity index (χ4v) is 13.0. The van der Waals surface area contributed by atoms with Crippen LogP contribution < -0.4 is 11.1 Å². The molecule has 1 aromatic heterocycles. The third-order valence-corrected chi connectivity index (χ3v) is 15.3. The molecular formula is C36H54N6O3. The van der Waals surface area contributed by atoms with Crippen LogP contribution >= 0.6 is 0 Å². The molecule has 9 nitrogen and oxygen atoms in total. The molecule has 12 atom stereocenters. The summed E-state index contributed by atoms with van der Waals surface area (Å²) in [4.78, 5) is 13.6. The second-order valence-electron chi connectivity index (χ2n) is 17.0. The van der Waals surface area contributed by atoms with E-state index in [1.54, 1.807) is 10.4 Å². The molecule has 5 fully saturated rings. The highest BCUT2D eigenvalue weighted by Crippen LogP contribution is 2.82. The molecule has 7 aliphatic rings. The van der Waals surface area contributed by atoms with Crippen LogP contribution in [0, 0.1) is 57.2 Å². The number of carbonyl (C=O) groups is 1. The molecule has 1 amide bonds. The van der Waals surface area contributed by atoms with E-state index in [-0.39, 0.29) is 51.3 Å². The maximum Gasteiger partial charge on any atom is 0.270 e. The van der Waals surface area contributed by atoms with Crippen molar-refractivity contribution in [1.82, 2.24) is 20.2 Å². The van der Waals surface area contributed by atoms with Gasteiger partial charge in [-0.2, -0.15) is 4.80 Å². The van der Waals surface area contributed by atoms with Gasteiger partial charge in [-0.1, -0.05) is 58.3 Å². The summed E-state index contributed by atoms with van der Waals surface area (Å²) in [6.45, 7) is 17.3. The largest absolute Gasteiger partial charge is 0.490 e. The number of amides is 1. The molecule has 2 heterocycles. The Hall–Kier alpha value is -2.26. The second-order valence-corrected chi connectivity index (χ2v) is 17.0. The molecule has 45 heavy (non-hydrogen) atoms.